The van der Waals surface area contributed by atoms with E-state index in [1.54, 1.807) is 19.3 Å². The molecule has 0 fully saturated rings. The standard InChI is InChI=1S/C14H17N3O2/c1-2-19-14(18)6-8-17-13-4-3-12(15)11-9-16-7-5-10(11)13/h3-5,7,9,17H,2,6,8,15H2,1H3. The molecular formula is C14H17N3O2. The lowest BCUT2D eigenvalue weighted by Crippen LogP contribution is -2.11. The topological polar surface area (TPSA) is 77.2 Å². The van der Waals surface area contributed by atoms with E-state index in [0.717, 1.165) is 16.5 Å². The summed E-state index contributed by atoms with van der Waals surface area (Å²) in [6.07, 6.45) is 3.80. The number of nitrogen functional groups attached to an aromatic ring is 1. The number of anilines is 2. The van der Waals surface area contributed by atoms with Crippen LogP contribution in [-0.4, -0.2) is 24.1 Å². The first-order chi connectivity index (χ1) is 9.22. The average Bonchev–Trinajstić information content (AvgIpc) is 2.42. The molecule has 3 N–H and O–H groups in total. The van der Waals surface area contributed by atoms with Gasteiger partial charge in [-0.25, -0.2) is 0 Å². The van der Waals surface area contributed by atoms with E-state index in [1.807, 2.05) is 18.2 Å². The van der Waals surface area contributed by atoms with Gasteiger partial charge in [-0.15, -0.1) is 0 Å². The van der Waals surface area contributed by atoms with Crippen molar-refractivity contribution >= 4 is 28.1 Å². The van der Waals surface area contributed by atoms with Gasteiger partial charge in [0.1, 0.15) is 0 Å². The summed E-state index contributed by atoms with van der Waals surface area (Å²) in [5.74, 6) is -0.198. The molecule has 0 aliphatic carbocycles. The first kappa shape index (κ1) is 13.1. The van der Waals surface area contributed by atoms with E-state index < -0.39 is 0 Å². The van der Waals surface area contributed by atoms with Crippen molar-refractivity contribution in [2.24, 2.45) is 0 Å². The Morgan fingerprint density at radius 1 is 1.37 bits per heavy atom. The minimum atomic E-state index is -0.198. The zero-order valence-corrected chi connectivity index (χ0v) is 10.8. The van der Waals surface area contributed by atoms with E-state index in [1.165, 1.54) is 0 Å². The van der Waals surface area contributed by atoms with E-state index in [-0.39, 0.29) is 5.97 Å². The molecule has 0 saturated carbocycles. The Bertz CT molecular complexity index is 584. The number of hydrogen-bond acceptors (Lipinski definition) is 5. The van der Waals surface area contributed by atoms with Gasteiger partial charge in [0.2, 0.25) is 0 Å². The number of ether oxygens (including phenoxy) is 1. The summed E-state index contributed by atoms with van der Waals surface area (Å²) in [4.78, 5) is 15.3. The van der Waals surface area contributed by atoms with E-state index in [4.69, 9.17) is 10.5 Å². The molecular weight excluding hydrogens is 242 g/mol. The van der Waals surface area contributed by atoms with Gasteiger partial charge in [0, 0.05) is 41.1 Å². The molecule has 19 heavy (non-hydrogen) atoms. The van der Waals surface area contributed by atoms with Crippen molar-refractivity contribution in [2.75, 3.05) is 24.2 Å². The Labute approximate surface area is 111 Å². The highest BCUT2D eigenvalue weighted by molar-refractivity contribution is 6.00. The molecule has 1 heterocycles. The van der Waals surface area contributed by atoms with Crippen LogP contribution in [0.25, 0.3) is 10.8 Å². The summed E-state index contributed by atoms with van der Waals surface area (Å²) < 4.78 is 4.88. The largest absolute Gasteiger partial charge is 0.466 e. The highest BCUT2D eigenvalue weighted by atomic mass is 16.5. The lowest BCUT2D eigenvalue weighted by Gasteiger charge is -2.10. The van der Waals surface area contributed by atoms with Crippen molar-refractivity contribution in [3.05, 3.63) is 30.6 Å². The Balaban J connectivity index is 2.09. The van der Waals surface area contributed by atoms with Crippen molar-refractivity contribution in [3.8, 4) is 0 Å². The molecule has 0 radical (unpaired) electrons. The number of carbonyl (C=O) groups excluding carboxylic acids is 1. The van der Waals surface area contributed by atoms with Crippen LogP contribution in [-0.2, 0) is 9.53 Å². The van der Waals surface area contributed by atoms with Gasteiger partial charge >= 0.3 is 5.97 Å². The third kappa shape index (κ3) is 3.13. The number of benzene rings is 1. The van der Waals surface area contributed by atoms with Crippen LogP contribution in [0.3, 0.4) is 0 Å². The Morgan fingerprint density at radius 3 is 3.00 bits per heavy atom. The van der Waals surface area contributed by atoms with Crippen LogP contribution in [0.2, 0.25) is 0 Å². The number of fused-ring (bicyclic) bond motifs is 1. The van der Waals surface area contributed by atoms with E-state index >= 15 is 0 Å². The van der Waals surface area contributed by atoms with Crippen molar-refractivity contribution in [3.63, 3.8) is 0 Å². The van der Waals surface area contributed by atoms with Gasteiger partial charge in [0.15, 0.2) is 0 Å². The summed E-state index contributed by atoms with van der Waals surface area (Å²) in [5, 5.41) is 5.13. The minimum Gasteiger partial charge on any atom is -0.466 e. The summed E-state index contributed by atoms with van der Waals surface area (Å²) in [7, 11) is 0. The van der Waals surface area contributed by atoms with Crippen molar-refractivity contribution in [1.82, 2.24) is 4.98 Å². The highest BCUT2D eigenvalue weighted by Crippen LogP contribution is 2.27. The molecule has 0 aliphatic heterocycles. The Morgan fingerprint density at radius 2 is 2.21 bits per heavy atom. The summed E-state index contributed by atoms with van der Waals surface area (Å²) >= 11 is 0. The molecule has 0 spiro atoms. The number of nitrogens with one attached hydrogen (secondary N) is 1. The van der Waals surface area contributed by atoms with Crippen LogP contribution in [0.1, 0.15) is 13.3 Å². The van der Waals surface area contributed by atoms with Crippen LogP contribution in [0, 0.1) is 0 Å². The highest BCUT2D eigenvalue weighted by Gasteiger charge is 2.05. The van der Waals surface area contributed by atoms with Crippen molar-refractivity contribution < 1.29 is 9.53 Å². The van der Waals surface area contributed by atoms with Crippen LogP contribution in [0.15, 0.2) is 30.6 Å². The average molecular weight is 259 g/mol. The van der Waals surface area contributed by atoms with Gasteiger partial charge in [0.05, 0.1) is 13.0 Å². The lowest BCUT2D eigenvalue weighted by molar-refractivity contribution is -0.142. The normalized spacial score (nSPS) is 10.4. The first-order valence-electron chi connectivity index (χ1n) is 6.24. The molecule has 2 rings (SSSR count). The predicted octanol–water partition coefficient (Wildman–Crippen LogP) is 2.18. The quantitative estimate of drug-likeness (QED) is 0.635. The molecule has 2 aromatic rings. The summed E-state index contributed by atoms with van der Waals surface area (Å²) in [6.45, 7) is 2.74. The van der Waals surface area contributed by atoms with Gasteiger partial charge < -0.3 is 15.8 Å². The Hall–Kier alpha value is -2.30. The monoisotopic (exact) mass is 259 g/mol. The van der Waals surface area contributed by atoms with Gasteiger partial charge in [-0.05, 0) is 25.1 Å². The SMILES string of the molecule is CCOC(=O)CCNc1ccc(N)c2cnccc12. The number of rotatable bonds is 5. The van der Waals surface area contributed by atoms with Gasteiger partial charge in [-0.1, -0.05) is 0 Å². The number of esters is 1. The summed E-state index contributed by atoms with van der Waals surface area (Å²) in [6, 6.07) is 5.64. The third-order valence-electron chi connectivity index (χ3n) is 2.80. The number of pyridine rings is 1. The lowest BCUT2D eigenvalue weighted by atomic mass is 10.1. The molecule has 1 aromatic heterocycles. The molecule has 0 saturated heterocycles. The second-order valence-electron chi connectivity index (χ2n) is 4.11. The minimum absolute atomic E-state index is 0.198. The van der Waals surface area contributed by atoms with E-state index in [0.29, 0.717) is 25.3 Å². The molecule has 5 nitrogen and oxygen atoms in total. The van der Waals surface area contributed by atoms with E-state index in [9.17, 15) is 4.79 Å². The first-order valence-corrected chi connectivity index (χ1v) is 6.24. The number of nitrogens with zero attached hydrogens (tertiary/aromatic N) is 1. The van der Waals surface area contributed by atoms with Crippen LogP contribution in [0.5, 0.6) is 0 Å². The van der Waals surface area contributed by atoms with Crippen molar-refractivity contribution in [1.29, 1.82) is 0 Å². The zero-order chi connectivity index (χ0) is 13.7. The fourth-order valence-electron chi connectivity index (χ4n) is 1.90. The molecule has 0 amide bonds. The predicted molar refractivity (Wildman–Crippen MR) is 75.9 cm³/mol. The smallest absolute Gasteiger partial charge is 0.307 e. The maximum atomic E-state index is 11.3. The van der Waals surface area contributed by atoms with Gasteiger partial charge in [-0.2, -0.15) is 0 Å². The maximum Gasteiger partial charge on any atom is 0.307 e. The molecule has 0 atom stereocenters. The molecule has 100 valence electrons. The van der Waals surface area contributed by atoms with Crippen LogP contribution < -0.4 is 11.1 Å². The second kappa shape index (κ2) is 6.04. The fourth-order valence-corrected chi connectivity index (χ4v) is 1.90. The van der Waals surface area contributed by atoms with Crippen molar-refractivity contribution in [2.45, 2.75) is 13.3 Å². The molecule has 0 aliphatic rings. The molecule has 5 heteroatoms. The fraction of sp³-hybridized carbons (Fsp3) is 0.286. The van der Waals surface area contributed by atoms with Crippen LogP contribution >= 0.6 is 0 Å². The van der Waals surface area contributed by atoms with Crippen LogP contribution in [0.4, 0.5) is 11.4 Å². The number of nitrogens with two attached hydrogens (primary N) is 1. The van der Waals surface area contributed by atoms with E-state index in [2.05, 4.69) is 10.3 Å². The number of hydrogen-bond donors (Lipinski definition) is 2. The van der Waals surface area contributed by atoms with Gasteiger partial charge in [-0.3, -0.25) is 9.78 Å². The number of carbonyl (C=O) groups is 1. The second-order valence-corrected chi connectivity index (χ2v) is 4.11. The zero-order valence-electron chi connectivity index (χ0n) is 10.8. The molecule has 0 bridgehead atoms. The third-order valence-corrected chi connectivity index (χ3v) is 2.80. The maximum absolute atomic E-state index is 11.3. The number of aromatic nitrogens is 1. The summed E-state index contributed by atoms with van der Waals surface area (Å²) in [5.41, 5.74) is 7.53. The molecule has 0 unspecified atom stereocenters. The van der Waals surface area contributed by atoms with Gasteiger partial charge in [0.25, 0.3) is 0 Å². The Kier molecular flexibility index (Phi) is 4.18. The molecule has 1 aromatic carbocycles.